The number of aromatic hydroxyl groups is 1. The average Bonchev–Trinajstić information content (AvgIpc) is 2.54. The summed E-state index contributed by atoms with van der Waals surface area (Å²) in [5.41, 5.74) is 2.84. The Morgan fingerprint density at radius 3 is 2.41 bits per heavy atom. The van der Waals surface area contributed by atoms with Gasteiger partial charge in [0.05, 0.1) is 6.42 Å². The van der Waals surface area contributed by atoms with Crippen LogP contribution in [0.4, 0.5) is 5.69 Å². The minimum atomic E-state index is -0.101. The first kappa shape index (κ1) is 15.9. The van der Waals surface area contributed by atoms with Gasteiger partial charge in [-0.25, -0.2) is 0 Å². The van der Waals surface area contributed by atoms with Gasteiger partial charge < -0.3 is 15.3 Å². The summed E-state index contributed by atoms with van der Waals surface area (Å²) in [5.74, 6) is 0.0548. The van der Waals surface area contributed by atoms with E-state index in [1.54, 1.807) is 18.2 Å². The number of hydrogen-bond acceptors (Lipinski definition) is 3. The fourth-order valence-electron chi connectivity index (χ4n) is 2.29. The monoisotopic (exact) mass is 298 g/mol. The summed E-state index contributed by atoms with van der Waals surface area (Å²) in [4.78, 5) is 14.2. The highest BCUT2D eigenvalue weighted by Gasteiger charge is 2.09. The topological polar surface area (TPSA) is 52.6 Å². The normalized spacial score (nSPS) is 10.3. The number of phenols is 1. The number of para-hydroxylation sites is 2. The molecule has 0 saturated heterocycles. The van der Waals surface area contributed by atoms with Gasteiger partial charge in [0.1, 0.15) is 5.75 Å². The molecular formula is C18H22N2O2. The third-order valence-electron chi connectivity index (χ3n) is 3.70. The number of rotatable bonds is 6. The Morgan fingerprint density at radius 1 is 1.09 bits per heavy atom. The van der Waals surface area contributed by atoms with Crippen LogP contribution in [0.5, 0.6) is 5.75 Å². The van der Waals surface area contributed by atoms with E-state index in [0.29, 0.717) is 12.1 Å². The maximum absolute atomic E-state index is 12.1. The number of anilines is 1. The highest BCUT2D eigenvalue weighted by molar-refractivity contribution is 5.79. The van der Waals surface area contributed by atoms with E-state index >= 15 is 0 Å². The van der Waals surface area contributed by atoms with Gasteiger partial charge in [-0.1, -0.05) is 36.4 Å². The Kier molecular flexibility index (Phi) is 5.42. The molecule has 0 radical (unpaired) electrons. The molecule has 4 heteroatoms. The Morgan fingerprint density at radius 2 is 1.73 bits per heavy atom. The molecule has 0 fully saturated rings. The van der Waals surface area contributed by atoms with Crippen molar-refractivity contribution in [3.63, 3.8) is 0 Å². The molecule has 0 aliphatic heterocycles. The molecule has 0 aromatic heterocycles. The molecule has 1 amide bonds. The van der Waals surface area contributed by atoms with E-state index in [4.69, 9.17) is 0 Å². The minimum Gasteiger partial charge on any atom is -0.508 e. The molecule has 2 aromatic carbocycles. The summed E-state index contributed by atoms with van der Waals surface area (Å²) in [5, 5.41) is 12.6. The SMILES string of the molecule is CCN(C)c1ccccc1CNC(=O)Cc1ccccc1O. The molecule has 0 atom stereocenters. The van der Waals surface area contributed by atoms with Crippen molar-refractivity contribution < 1.29 is 9.90 Å². The number of carbonyl (C=O) groups excluding carboxylic acids is 1. The van der Waals surface area contributed by atoms with Crippen molar-refractivity contribution >= 4 is 11.6 Å². The zero-order valence-corrected chi connectivity index (χ0v) is 13.0. The van der Waals surface area contributed by atoms with Crippen LogP contribution in [0.3, 0.4) is 0 Å². The maximum Gasteiger partial charge on any atom is 0.224 e. The Balaban J connectivity index is 1.99. The van der Waals surface area contributed by atoms with Gasteiger partial charge in [-0.2, -0.15) is 0 Å². The molecule has 0 spiro atoms. The molecule has 0 saturated carbocycles. The largest absolute Gasteiger partial charge is 0.508 e. The molecule has 2 rings (SSSR count). The number of hydrogen-bond donors (Lipinski definition) is 2. The van der Waals surface area contributed by atoms with Crippen molar-refractivity contribution in [2.75, 3.05) is 18.5 Å². The van der Waals surface area contributed by atoms with Crippen LogP contribution in [0.1, 0.15) is 18.1 Å². The van der Waals surface area contributed by atoms with Gasteiger partial charge in [-0.3, -0.25) is 4.79 Å². The Bertz CT molecular complexity index is 640. The van der Waals surface area contributed by atoms with Gasteiger partial charge in [0, 0.05) is 31.4 Å². The number of amides is 1. The van der Waals surface area contributed by atoms with Crippen LogP contribution in [0.2, 0.25) is 0 Å². The van der Waals surface area contributed by atoms with Gasteiger partial charge in [0.2, 0.25) is 5.91 Å². The van der Waals surface area contributed by atoms with E-state index in [2.05, 4.69) is 17.1 Å². The summed E-state index contributed by atoms with van der Waals surface area (Å²) in [7, 11) is 2.03. The van der Waals surface area contributed by atoms with Crippen molar-refractivity contribution in [2.45, 2.75) is 19.9 Å². The number of nitrogens with zero attached hydrogens (tertiary/aromatic N) is 1. The molecule has 0 heterocycles. The first-order chi connectivity index (χ1) is 10.6. The van der Waals surface area contributed by atoms with Crippen molar-refractivity contribution in [1.82, 2.24) is 5.32 Å². The highest BCUT2D eigenvalue weighted by atomic mass is 16.3. The van der Waals surface area contributed by atoms with Gasteiger partial charge >= 0.3 is 0 Å². The molecule has 0 bridgehead atoms. The van der Waals surface area contributed by atoms with E-state index in [9.17, 15) is 9.90 Å². The Labute approximate surface area is 131 Å². The molecule has 116 valence electrons. The van der Waals surface area contributed by atoms with Crippen LogP contribution < -0.4 is 10.2 Å². The summed E-state index contributed by atoms with van der Waals surface area (Å²) < 4.78 is 0. The van der Waals surface area contributed by atoms with Gasteiger partial charge in [0.15, 0.2) is 0 Å². The molecule has 2 N–H and O–H groups in total. The van der Waals surface area contributed by atoms with Crippen molar-refractivity contribution in [2.24, 2.45) is 0 Å². The highest BCUT2D eigenvalue weighted by Crippen LogP contribution is 2.19. The lowest BCUT2D eigenvalue weighted by atomic mass is 10.1. The summed E-state index contributed by atoms with van der Waals surface area (Å²) in [6.45, 7) is 3.48. The molecule has 0 unspecified atom stereocenters. The van der Waals surface area contributed by atoms with Crippen LogP contribution in [-0.2, 0) is 17.8 Å². The lowest BCUT2D eigenvalue weighted by Gasteiger charge is -2.20. The third-order valence-corrected chi connectivity index (χ3v) is 3.70. The average molecular weight is 298 g/mol. The standard InChI is InChI=1S/C18H22N2O2/c1-3-20(2)16-10-6-4-9-15(16)13-19-18(22)12-14-8-5-7-11-17(14)21/h4-11,21H,3,12-13H2,1-2H3,(H,19,22). The van der Waals surface area contributed by atoms with Crippen LogP contribution in [0.25, 0.3) is 0 Å². The van der Waals surface area contributed by atoms with E-state index in [1.165, 1.54) is 0 Å². The second kappa shape index (κ2) is 7.50. The van der Waals surface area contributed by atoms with Crippen molar-refractivity contribution in [3.05, 3.63) is 59.7 Å². The lowest BCUT2D eigenvalue weighted by Crippen LogP contribution is -2.26. The van der Waals surface area contributed by atoms with E-state index in [-0.39, 0.29) is 18.1 Å². The van der Waals surface area contributed by atoms with Gasteiger partial charge in [0.25, 0.3) is 0 Å². The third kappa shape index (κ3) is 4.01. The van der Waals surface area contributed by atoms with Crippen molar-refractivity contribution in [1.29, 1.82) is 0 Å². The first-order valence-electron chi connectivity index (χ1n) is 7.44. The Hall–Kier alpha value is -2.49. The van der Waals surface area contributed by atoms with Gasteiger partial charge in [-0.15, -0.1) is 0 Å². The number of benzene rings is 2. The summed E-state index contributed by atoms with van der Waals surface area (Å²) in [6, 6.07) is 14.9. The van der Waals surface area contributed by atoms with Crippen molar-refractivity contribution in [3.8, 4) is 5.75 Å². The van der Waals surface area contributed by atoms with E-state index < -0.39 is 0 Å². The fourth-order valence-corrected chi connectivity index (χ4v) is 2.29. The minimum absolute atomic E-state index is 0.101. The maximum atomic E-state index is 12.1. The van der Waals surface area contributed by atoms with Crippen LogP contribution in [-0.4, -0.2) is 24.6 Å². The number of phenolic OH excluding ortho intramolecular Hbond substituents is 1. The smallest absolute Gasteiger partial charge is 0.224 e. The summed E-state index contributed by atoms with van der Waals surface area (Å²) >= 11 is 0. The van der Waals surface area contributed by atoms with E-state index in [1.807, 2.05) is 37.4 Å². The first-order valence-corrected chi connectivity index (χ1v) is 7.44. The molecule has 0 aliphatic carbocycles. The molecule has 22 heavy (non-hydrogen) atoms. The molecule has 4 nitrogen and oxygen atoms in total. The quantitative estimate of drug-likeness (QED) is 0.862. The number of carbonyl (C=O) groups is 1. The fraction of sp³-hybridized carbons (Fsp3) is 0.278. The predicted octanol–water partition coefficient (Wildman–Crippen LogP) is 2.71. The van der Waals surface area contributed by atoms with E-state index in [0.717, 1.165) is 17.8 Å². The zero-order chi connectivity index (χ0) is 15.9. The second-order valence-electron chi connectivity index (χ2n) is 5.23. The van der Waals surface area contributed by atoms with Crippen LogP contribution in [0, 0.1) is 0 Å². The molecule has 2 aromatic rings. The second-order valence-corrected chi connectivity index (χ2v) is 5.23. The van der Waals surface area contributed by atoms with Crippen LogP contribution in [0.15, 0.2) is 48.5 Å². The van der Waals surface area contributed by atoms with Crippen LogP contribution >= 0.6 is 0 Å². The number of nitrogens with one attached hydrogen (secondary N) is 1. The zero-order valence-electron chi connectivity index (χ0n) is 13.0. The molecular weight excluding hydrogens is 276 g/mol. The predicted molar refractivity (Wildman–Crippen MR) is 89.0 cm³/mol. The van der Waals surface area contributed by atoms with Gasteiger partial charge in [-0.05, 0) is 24.6 Å². The molecule has 0 aliphatic rings. The summed E-state index contributed by atoms with van der Waals surface area (Å²) in [6.07, 6.45) is 0.179. The lowest BCUT2D eigenvalue weighted by molar-refractivity contribution is -0.120.